The summed E-state index contributed by atoms with van der Waals surface area (Å²) in [6, 6.07) is 7.68. The molecule has 0 saturated heterocycles. The molecule has 0 bridgehead atoms. The van der Waals surface area contributed by atoms with Crippen LogP contribution in [0.25, 0.3) is 11.3 Å². The van der Waals surface area contributed by atoms with Crippen molar-refractivity contribution in [3.05, 3.63) is 36.4 Å². The highest BCUT2D eigenvalue weighted by Gasteiger charge is 2.08. The molecule has 1 aromatic heterocycles. The first-order valence-corrected chi connectivity index (χ1v) is 6.36. The summed E-state index contributed by atoms with van der Waals surface area (Å²) < 4.78 is 10.8. The normalized spacial score (nSPS) is 10.4. The van der Waals surface area contributed by atoms with E-state index in [0.29, 0.717) is 12.5 Å². The molecule has 2 aromatic rings. The van der Waals surface area contributed by atoms with Crippen LogP contribution >= 0.6 is 0 Å². The maximum Gasteiger partial charge on any atom is 0.201 e. The number of carbonyl (C=O) groups excluding carboxylic acids is 1. The summed E-state index contributed by atoms with van der Waals surface area (Å²) in [5.41, 5.74) is 1.68. The van der Waals surface area contributed by atoms with Crippen LogP contribution in [0.2, 0.25) is 0 Å². The monoisotopic (exact) mass is 259 g/mol. The van der Waals surface area contributed by atoms with Crippen LogP contribution in [-0.2, 0) is 11.2 Å². The van der Waals surface area contributed by atoms with Crippen molar-refractivity contribution in [3.63, 3.8) is 0 Å². The van der Waals surface area contributed by atoms with Crippen molar-refractivity contribution in [1.82, 2.24) is 4.98 Å². The first-order chi connectivity index (χ1) is 9.19. The summed E-state index contributed by atoms with van der Waals surface area (Å²) in [4.78, 5) is 15.3. The molecule has 0 spiro atoms. The largest absolute Gasteiger partial charge is 0.494 e. The minimum atomic E-state index is 0.0386. The van der Waals surface area contributed by atoms with Crippen LogP contribution in [0.3, 0.4) is 0 Å². The van der Waals surface area contributed by atoms with Crippen molar-refractivity contribution in [2.45, 2.75) is 26.7 Å². The Morgan fingerprint density at radius 1 is 1.32 bits per heavy atom. The van der Waals surface area contributed by atoms with Crippen molar-refractivity contribution in [2.75, 3.05) is 6.61 Å². The molecule has 0 unspecified atom stereocenters. The first kappa shape index (κ1) is 13.3. The highest BCUT2D eigenvalue weighted by Crippen LogP contribution is 2.22. The molecule has 1 aromatic carbocycles. The molecule has 0 aliphatic rings. The fourth-order valence-corrected chi connectivity index (χ4v) is 1.68. The molecule has 19 heavy (non-hydrogen) atoms. The molecule has 0 radical (unpaired) electrons. The molecule has 0 aliphatic heterocycles. The SMILES string of the molecule is CCCOc1ccc(-c2coc(CC(C)=O)n2)cc1. The Morgan fingerprint density at radius 2 is 2.05 bits per heavy atom. The van der Waals surface area contributed by atoms with Gasteiger partial charge in [-0.05, 0) is 37.6 Å². The standard InChI is InChI=1S/C15H17NO3/c1-3-8-18-13-6-4-12(5-7-13)14-10-19-15(16-14)9-11(2)17/h4-7,10H,3,8-9H2,1-2H3. The van der Waals surface area contributed by atoms with Crippen molar-refractivity contribution in [1.29, 1.82) is 0 Å². The molecule has 0 fully saturated rings. The Hall–Kier alpha value is -2.10. The molecule has 0 aliphatic carbocycles. The van der Waals surface area contributed by atoms with Crippen LogP contribution in [0.15, 0.2) is 34.9 Å². The second-order valence-corrected chi connectivity index (χ2v) is 4.38. The molecule has 4 nitrogen and oxygen atoms in total. The molecule has 2 rings (SSSR count). The van der Waals surface area contributed by atoms with E-state index in [0.717, 1.165) is 23.4 Å². The molecule has 0 amide bonds. The minimum absolute atomic E-state index is 0.0386. The van der Waals surface area contributed by atoms with Crippen LogP contribution in [0.5, 0.6) is 5.75 Å². The van der Waals surface area contributed by atoms with Gasteiger partial charge < -0.3 is 9.15 Å². The zero-order valence-corrected chi connectivity index (χ0v) is 11.2. The van der Waals surface area contributed by atoms with Gasteiger partial charge in [-0.3, -0.25) is 4.79 Å². The predicted molar refractivity (Wildman–Crippen MR) is 72.1 cm³/mol. The first-order valence-electron chi connectivity index (χ1n) is 6.36. The van der Waals surface area contributed by atoms with E-state index in [9.17, 15) is 4.79 Å². The van der Waals surface area contributed by atoms with Crippen LogP contribution < -0.4 is 4.74 Å². The van der Waals surface area contributed by atoms with Gasteiger partial charge in [0.2, 0.25) is 5.89 Å². The van der Waals surface area contributed by atoms with E-state index in [-0.39, 0.29) is 12.2 Å². The van der Waals surface area contributed by atoms with Gasteiger partial charge in [-0.1, -0.05) is 6.92 Å². The van der Waals surface area contributed by atoms with Crippen LogP contribution in [0, 0.1) is 0 Å². The quantitative estimate of drug-likeness (QED) is 0.799. The average Bonchev–Trinajstić information content (AvgIpc) is 2.84. The molecule has 0 atom stereocenters. The summed E-state index contributed by atoms with van der Waals surface area (Å²) in [5.74, 6) is 1.34. The number of ketones is 1. The summed E-state index contributed by atoms with van der Waals surface area (Å²) in [6.07, 6.45) is 2.79. The Bertz CT molecular complexity index is 543. The number of ether oxygens (including phenoxy) is 1. The Labute approximate surface area is 112 Å². The maximum atomic E-state index is 11.0. The van der Waals surface area contributed by atoms with Gasteiger partial charge in [0.1, 0.15) is 23.5 Å². The smallest absolute Gasteiger partial charge is 0.201 e. The van der Waals surface area contributed by atoms with Crippen LogP contribution in [-0.4, -0.2) is 17.4 Å². The molecular weight excluding hydrogens is 242 g/mol. The lowest BCUT2D eigenvalue weighted by Gasteiger charge is -2.04. The van der Waals surface area contributed by atoms with E-state index in [1.54, 1.807) is 6.26 Å². The van der Waals surface area contributed by atoms with E-state index >= 15 is 0 Å². The number of nitrogens with zero attached hydrogens (tertiary/aromatic N) is 1. The van der Waals surface area contributed by atoms with E-state index in [4.69, 9.17) is 9.15 Å². The third kappa shape index (κ3) is 3.68. The average molecular weight is 259 g/mol. The number of rotatable bonds is 6. The Morgan fingerprint density at radius 3 is 2.68 bits per heavy atom. The van der Waals surface area contributed by atoms with E-state index < -0.39 is 0 Å². The summed E-state index contributed by atoms with van der Waals surface area (Å²) in [6.45, 7) is 4.30. The highest BCUT2D eigenvalue weighted by atomic mass is 16.5. The van der Waals surface area contributed by atoms with Gasteiger partial charge in [0.25, 0.3) is 0 Å². The van der Waals surface area contributed by atoms with E-state index in [1.165, 1.54) is 6.92 Å². The molecule has 1 heterocycles. The van der Waals surface area contributed by atoms with Crippen LogP contribution in [0.1, 0.15) is 26.2 Å². The van der Waals surface area contributed by atoms with Gasteiger partial charge >= 0.3 is 0 Å². The van der Waals surface area contributed by atoms with Crippen molar-refractivity contribution in [2.24, 2.45) is 0 Å². The van der Waals surface area contributed by atoms with Crippen LogP contribution in [0.4, 0.5) is 0 Å². The molecule has 0 saturated carbocycles. The third-order valence-corrected chi connectivity index (χ3v) is 2.57. The minimum Gasteiger partial charge on any atom is -0.494 e. The van der Waals surface area contributed by atoms with Gasteiger partial charge in [0.15, 0.2) is 0 Å². The lowest BCUT2D eigenvalue weighted by molar-refractivity contribution is -0.116. The van der Waals surface area contributed by atoms with E-state index in [1.807, 2.05) is 24.3 Å². The van der Waals surface area contributed by atoms with Gasteiger partial charge in [-0.25, -0.2) is 4.98 Å². The maximum absolute atomic E-state index is 11.0. The fraction of sp³-hybridized carbons (Fsp3) is 0.333. The topological polar surface area (TPSA) is 52.3 Å². The number of benzene rings is 1. The van der Waals surface area contributed by atoms with Crippen molar-refractivity contribution >= 4 is 5.78 Å². The summed E-state index contributed by atoms with van der Waals surface area (Å²) in [5, 5.41) is 0. The fourth-order valence-electron chi connectivity index (χ4n) is 1.68. The molecule has 100 valence electrons. The third-order valence-electron chi connectivity index (χ3n) is 2.57. The lowest BCUT2D eigenvalue weighted by atomic mass is 10.2. The number of carbonyl (C=O) groups is 1. The number of oxazole rings is 1. The second kappa shape index (κ2) is 6.18. The molecular formula is C15H17NO3. The highest BCUT2D eigenvalue weighted by molar-refractivity contribution is 5.77. The molecule has 4 heteroatoms. The van der Waals surface area contributed by atoms with Crippen molar-refractivity contribution < 1.29 is 13.9 Å². The Kier molecular flexibility index (Phi) is 4.34. The zero-order valence-electron chi connectivity index (χ0n) is 11.2. The molecule has 0 N–H and O–H groups in total. The summed E-state index contributed by atoms with van der Waals surface area (Å²) in [7, 11) is 0. The van der Waals surface area contributed by atoms with Gasteiger partial charge in [-0.2, -0.15) is 0 Å². The van der Waals surface area contributed by atoms with Gasteiger partial charge in [0, 0.05) is 5.56 Å². The van der Waals surface area contributed by atoms with E-state index in [2.05, 4.69) is 11.9 Å². The van der Waals surface area contributed by atoms with Gasteiger partial charge in [0.05, 0.1) is 13.0 Å². The predicted octanol–water partition coefficient (Wildman–Crippen LogP) is 3.26. The summed E-state index contributed by atoms with van der Waals surface area (Å²) >= 11 is 0. The number of aromatic nitrogens is 1. The number of hydrogen-bond acceptors (Lipinski definition) is 4. The second-order valence-electron chi connectivity index (χ2n) is 4.38. The zero-order chi connectivity index (χ0) is 13.7. The number of Topliss-reactive ketones (excluding diaryl/α,β-unsaturated/α-hetero) is 1. The lowest BCUT2D eigenvalue weighted by Crippen LogP contribution is -1.96. The van der Waals surface area contributed by atoms with Crippen molar-refractivity contribution in [3.8, 4) is 17.0 Å². The Balaban J connectivity index is 2.09. The van der Waals surface area contributed by atoms with Gasteiger partial charge in [-0.15, -0.1) is 0 Å². The number of hydrogen-bond donors (Lipinski definition) is 0.